The lowest BCUT2D eigenvalue weighted by Crippen LogP contribution is -2.19. The van der Waals surface area contributed by atoms with Gasteiger partial charge in [0.15, 0.2) is 5.49 Å². The van der Waals surface area contributed by atoms with Crippen LogP contribution in [0.3, 0.4) is 0 Å². The van der Waals surface area contributed by atoms with Gasteiger partial charge >= 0.3 is 0 Å². The number of carbonyl (C=O) groups excluding carboxylic acids is 1. The number of pyridine rings is 1. The highest BCUT2D eigenvalue weighted by atomic mass is 35.5. The van der Waals surface area contributed by atoms with Gasteiger partial charge in [-0.3, -0.25) is 9.48 Å². The van der Waals surface area contributed by atoms with Gasteiger partial charge in [-0.15, -0.1) is 11.3 Å². The van der Waals surface area contributed by atoms with Crippen molar-refractivity contribution in [2.75, 3.05) is 0 Å². The molecule has 0 aliphatic rings. The van der Waals surface area contributed by atoms with Crippen LogP contribution in [0.5, 0.6) is 0 Å². The van der Waals surface area contributed by atoms with E-state index in [0.717, 1.165) is 33.0 Å². The Morgan fingerprint density at radius 1 is 1.38 bits per heavy atom. The van der Waals surface area contributed by atoms with Crippen LogP contribution in [0.15, 0.2) is 41.7 Å². The first-order valence-electron chi connectivity index (χ1n) is 8.14. The molecule has 136 valence electrons. The molecule has 0 aliphatic heterocycles. The minimum absolute atomic E-state index is 0.168. The van der Waals surface area contributed by atoms with Crippen LogP contribution in [0.2, 0.25) is 4.34 Å². The van der Waals surface area contributed by atoms with Crippen molar-refractivity contribution < 1.29 is 10.0 Å². The van der Waals surface area contributed by atoms with Crippen LogP contribution in [0.4, 0.5) is 0 Å². The zero-order valence-corrected chi connectivity index (χ0v) is 16.3. The molecule has 0 saturated carbocycles. The largest absolute Gasteiger partial charge is 0.427 e. The number of carbonyl (C=O) groups is 1. The van der Waals surface area contributed by atoms with E-state index in [1.807, 2.05) is 23.0 Å². The predicted octanol–water partition coefficient (Wildman–Crippen LogP) is 4.07. The fourth-order valence-electron chi connectivity index (χ4n) is 2.62. The Hall–Kier alpha value is -2.38. The minimum Gasteiger partial charge on any atom is -0.427 e. The van der Waals surface area contributed by atoms with Crippen molar-refractivity contribution in [1.82, 2.24) is 14.5 Å². The average molecular weight is 391 g/mol. The quantitative estimate of drug-likeness (QED) is 0.682. The van der Waals surface area contributed by atoms with Crippen LogP contribution in [-0.2, 0) is 11.3 Å². The van der Waals surface area contributed by atoms with E-state index in [1.54, 1.807) is 12.1 Å². The van der Waals surface area contributed by atoms with Gasteiger partial charge in [0.2, 0.25) is 5.91 Å². The molecular formula is C18H19ClN4O2S. The van der Waals surface area contributed by atoms with Crippen molar-refractivity contribution in [2.45, 2.75) is 27.3 Å². The third-order valence-corrected chi connectivity index (χ3v) is 4.86. The predicted molar refractivity (Wildman–Crippen MR) is 102 cm³/mol. The molecule has 6 nitrogen and oxygen atoms in total. The van der Waals surface area contributed by atoms with Crippen molar-refractivity contribution >= 4 is 28.8 Å². The molecule has 0 saturated heterocycles. The molecule has 1 amide bonds. The molecule has 0 radical (unpaired) electrons. The molecule has 3 aromatic rings. The van der Waals surface area contributed by atoms with E-state index >= 15 is 0 Å². The fraction of sp³-hybridized carbons (Fsp3) is 0.278. The Bertz CT molecular complexity index is 1020. The Morgan fingerprint density at radius 2 is 2.15 bits per heavy atom. The third-order valence-electron chi connectivity index (χ3n) is 3.62. The first-order chi connectivity index (χ1) is 12.3. The fourth-order valence-corrected chi connectivity index (χ4v) is 3.66. The summed E-state index contributed by atoms with van der Waals surface area (Å²) in [5.41, 5.74) is 2.68. The zero-order valence-electron chi connectivity index (χ0n) is 14.7. The smallest absolute Gasteiger partial charge is 0.244 e. The van der Waals surface area contributed by atoms with Crippen molar-refractivity contribution in [1.29, 1.82) is 0 Å². The van der Waals surface area contributed by atoms with Crippen LogP contribution in [0.25, 0.3) is 21.7 Å². The summed E-state index contributed by atoms with van der Waals surface area (Å²) in [7, 11) is 0. The van der Waals surface area contributed by atoms with E-state index in [-0.39, 0.29) is 11.4 Å². The zero-order chi connectivity index (χ0) is 18.8. The van der Waals surface area contributed by atoms with Gasteiger partial charge in [-0.1, -0.05) is 25.4 Å². The molecule has 0 aromatic carbocycles. The number of nitrogens with zero attached hydrogens (tertiary/aromatic N) is 4. The summed E-state index contributed by atoms with van der Waals surface area (Å²) in [6.07, 6.45) is 3.43. The maximum atomic E-state index is 11.3. The second-order valence-corrected chi connectivity index (χ2v) is 8.08. The molecule has 0 atom stereocenters. The van der Waals surface area contributed by atoms with Gasteiger partial charge in [0.05, 0.1) is 9.21 Å². The number of amides is 1. The van der Waals surface area contributed by atoms with Crippen LogP contribution >= 0.6 is 22.9 Å². The molecule has 0 bridgehead atoms. The maximum absolute atomic E-state index is 11.3. The molecule has 26 heavy (non-hydrogen) atoms. The van der Waals surface area contributed by atoms with Crippen molar-refractivity contribution in [2.24, 2.45) is 10.9 Å². The van der Waals surface area contributed by atoms with Crippen molar-refractivity contribution in [3.63, 3.8) is 0 Å². The number of thiophene rings is 1. The topological polar surface area (TPSA) is 72.4 Å². The van der Waals surface area contributed by atoms with Gasteiger partial charge in [-0.25, -0.2) is 0 Å². The Morgan fingerprint density at radius 3 is 2.77 bits per heavy atom. The van der Waals surface area contributed by atoms with E-state index in [4.69, 9.17) is 16.7 Å². The SMILES string of the molecule is CC(=O)N=c1cc(-c2cn(CC(C)C)nc2-c2ccc(Cl)s2)ccn1O. The molecule has 0 unspecified atom stereocenters. The molecule has 3 rings (SSSR count). The van der Waals surface area contributed by atoms with Gasteiger partial charge in [0, 0.05) is 31.4 Å². The number of aromatic nitrogens is 3. The maximum Gasteiger partial charge on any atom is 0.244 e. The van der Waals surface area contributed by atoms with Gasteiger partial charge in [-0.2, -0.15) is 14.8 Å². The molecule has 0 aliphatic carbocycles. The minimum atomic E-state index is -0.384. The lowest BCUT2D eigenvalue weighted by atomic mass is 10.1. The lowest BCUT2D eigenvalue weighted by molar-refractivity contribution is -0.116. The second-order valence-electron chi connectivity index (χ2n) is 6.36. The van der Waals surface area contributed by atoms with Crippen LogP contribution < -0.4 is 5.49 Å². The number of rotatable bonds is 4. The van der Waals surface area contributed by atoms with Crippen molar-refractivity contribution in [3.05, 3.63) is 46.5 Å². The number of hydrogen-bond acceptors (Lipinski definition) is 4. The first kappa shape index (κ1) is 18.4. The lowest BCUT2D eigenvalue weighted by Gasteiger charge is -2.04. The van der Waals surface area contributed by atoms with Crippen LogP contribution in [0.1, 0.15) is 20.8 Å². The van der Waals surface area contributed by atoms with Crippen molar-refractivity contribution in [3.8, 4) is 21.7 Å². The molecule has 0 fully saturated rings. The van der Waals surface area contributed by atoms with E-state index in [2.05, 4.69) is 18.8 Å². The highest BCUT2D eigenvalue weighted by Gasteiger charge is 2.16. The Labute approximate surface area is 160 Å². The summed E-state index contributed by atoms with van der Waals surface area (Å²) in [5.74, 6) is 0.0619. The Balaban J connectivity index is 2.17. The van der Waals surface area contributed by atoms with E-state index in [1.165, 1.54) is 24.5 Å². The molecule has 1 N–H and O–H groups in total. The van der Waals surface area contributed by atoms with E-state index in [9.17, 15) is 10.0 Å². The van der Waals surface area contributed by atoms with Gasteiger partial charge in [0.1, 0.15) is 5.69 Å². The monoisotopic (exact) mass is 390 g/mol. The summed E-state index contributed by atoms with van der Waals surface area (Å²) < 4.78 is 3.42. The van der Waals surface area contributed by atoms with Gasteiger partial charge < -0.3 is 5.21 Å². The first-order valence-corrected chi connectivity index (χ1v) is 9.33. The highest BCUT2D eigenvalue weighted by Crippen LogP contribution is 2.36. The molecule has 3 heterocycles. The third kappa shape index (κ3) is 4.05. The molecule has 8 heteroatoms. The number of hydrogen-bond donors (Lipinski definition) is 1. The van der Waals surface area contributed by atoms with Gasteiger partial charge in [-0.05, 0) is 35.7 Å². The molecular weight excluding hydrogens is 372 g/mol. The average Bonchev–Trinajstić information content (AvgIpc) is 3.14. The summed E-state index contributed by atoms with van der Waals surface area (Å²) in [6.45, 7) is 6.38. The summed E-state index contributed by atoms with van der Waals surface area (Å²) >= 11 is 7.56. The normalized spacial score (nSPS) is 12.1. The van der Waals surface area contributed by atoms with Gasteiger partial charge in [0.25, 0.3) is 0 Å². The van der Waals surface area contributed by atoms with Crippen LogP contribution in [0, 0.1) is 5.92 Å². The van der Waals surface area contributed by atoms with E-state index < -0.39 is 0 Å². The summed E-state index contributed by atoms with van der Waals surface area (Å²) in [6, 6.07) is 7.20. The molecule has 0 spiro atoms. The number of halogens is 1. The Kier molecular flexibility index (Phi) is 5.29. The molecule has 3 aromatic heterocycles. The van der Waals surface area contributed by atoms with Crippen LogP contribution in [-0.4, -0.2) is 25.6 Å². The standard InChI is InChI=1S/C18H19ClN4O2S/c1-11(2)9-22-10-14(18(21-22)15-4-5-16(19)26-15)13-6-7-23(25)17(8-13)20-12(3)24/h4-8,10-11,25H,9H2,1-3H3. The summed E-state index contributed by atoms with van der Waals surface area (Å²) in [4.78, 5) is 16.1. The summed E-state index contributed by atoms with van der Waals surface area (Å²) in [5, 5.41) is 14.6. The van der Waals surface area contributed by atoms with E-state index in [0.29, 0.717) is 10.3 Å². The highest BCUT2D eigenvalue weighted by molar-refractivity contribution is 7.19. The second kappa shape index (κ2) is 7.47.